The molecule has 4 heteroatoms. The molecule has 1 aromatic carbocycles. The van der Waals surface area contributed by atoms with E-state index in [1.807, 2.05) is 31.2 Å². The van der Waals surface area contributed by atoms with Crippen molar-refractivity contribution in [3.05, 3.63) is 41.2 Å². The summed E-state index contributed by atoms with van der Waals surface area (Å²) < 4.78 is 1.63. The van der Waals surface area contributed by atoms with Crippen LogP contribution in [0.1, 0.15) is 5.56 Å². The van der Waals surface area contributed by atoms with Crippen LogP contribution in [0, 0.1) is 6.92 Å². The minimum Gasteiger partial charge on any atom is -0.395 e. The van der Waals surface area contributed by atoms with Crippen LogP contribution in [0.3, 0.4) is 0 Å². The van der Waals surface area contributed by atoms with Crippen molar-refractivity contribution in [1.82, 2.24) is 9.78 Å². The Morgan fingerprint density at radius 2 is 2.07 bits per heavy atom. The summed E-state index contributed by atoms with van der Waals surface area (Å²) in [5, 5.41) is 4.56. The summed E-state index contributed by atoms with van der Waals surface area (Å²) in [6.07, 6.45) is 1.55. The largest absolute Gasteiger partial charge is 0.395 e. The highest BCUT2D eigenvalue weighted by Crippen LogP contribution is 2.23. The summed E-state index contributed by atoms with van der Waals surface area (Å²) in [5.74, 6) is 0. The average Bonchev–Trinajstić information content (AvgIpc) is 2.49. The summed E-state index contributed by atoms with van der Waals surface area (Å²) in [6.45, 7) is 2.00. The molecule has 0 bridgehead atoms. The SMILES string of the molecule is Cc1ccccc1-n1ncc(N)c1Cl. The topological polar surface area (TPSA) is 43.8 Å². The Kier molecular flexibility index (Phi) is 2.17. The summed E-state index contributed by atoms with van der Waals surface area (Å²) in [6, 6.07) is 7.87. The molecule has 1 aromatic heterocycles. The van der Waals surface area contributed by atoms with Crippen molar-refractivity contribution in [2.45, 2.75) is 6.92 Å². The second kappa shape index (κ2) is 3.35. The molecule has 2 aromatic rings. The predicted octanol–water partition coefficient (Wildman–Crippen LogP) is 2.42. The first kappa shape index (κ1) is 9.09. The van der Waals surface area contributed by atoms with Gasteiger partial charge in [-0.2, -0.15) is 5.10 Å². The number of hydrogen-bond acceptors (Lipinski definition) is 2. The predicted molar refractivity (Wildman–Crippen MR) is 57.7 cm³/mol. The van der Waals surface area contributed by atoms with Gasteiger partial charge >= 0.3 is 0 Å². The Morgan fingerprint density at radius 3 is 2.64 bits per heavy atom. The number of para-hydroxylation sites is 1. The van der Waals surface area contributed by atoms with E-state index in [0.717, 1.165) is 11.3 Å². The van der Waals surface area contributed by atoms with Crippen LogP contribution in [0.2, 0.25) is 5.15 Å². The van der Waals surface area contributed by atoms with Crippen LogP contribution in [-0.2, 0) is 0 Å². The maximum atomic E-state index is 5.99. The second-order valence-corrected chi connectivity index (χ2v) is 3.45. The van der Waals surface area contributed by atoms with Gasteiger partial charge in [0.1, 0.15) is 0 Å². The lowest BCUT2D eigenvalue weighted by atomic mass is 10.2. The van der Waals surface area contributed by atoms with E-state index in [9.17, 15) is 0 Å². The van der Waals surface area contributed by atoms with Crippen molar-refractivity contribution in [2.75, 3.05) is 5.73 Å². The highest BCUT2D eigenvalue weighted by molar-refractivity contribution is 6.32. The van der Waals surface area contributed by atoms with Gasteiger partial charge in [0.15, 0.2) is 5.15 Å². The Bertz CT molecular complexity index is 462. The van der Waals surface area contributed by atoms with Gasteiger partial charge in [-0.15, -0.1) is 0 Å². The lowest BCUT2D eigenvalue weighted by molar-refractivity contribution is 0.874. The third-order valence-electron chi connectivity index (χ3n) is 2.08. The van der Waals surface area contributed by atoms with Crippen molar-refractivity contribution in [3.8, 4) is 5.69 Å². The highest BCUT2D eigenvalue weighted by atomic mass is 35.5. The van der Waals surface area contributed by atoms with Crippen LogP contribution in [0.5, 0.6) is 0 Å². The summed E-state index contributed by atoms with van der Waals surface area (Å²) in [4.78, 5) is 0. The number of aromatic nitrogens is 2. The molecule has 0 aliphatic carbocycles. The molecule has 14 heavy (non-hydrogen) atoms. The molecule has 2 rings (SSSR count). The van der Waals surface area contributed by atoms with Crippen LogP contribution >= 0.6 is 11.6 Å². The van der Waals surface area contributed by atoms with Crippen LogP contribution in [-0.4, -0.2) is 9.78 Å². The van der Waals surface area contributed by atoms with Crippen molar-refractivity contribution in [2.24, 2.45) is 0 Å². The maximum absolute atomic E-state index is 5.99. The van der Waals surface area contributed by atoms with Crippen molar-refractivity contribution in [3.63, 3.8) is 0 Å². The third-order valence-corrected chi connectivity index (χ3v) is 2.46. The van der Waals surface area contributed by atoms with Crippen LogP contribution in [0.15, 0.2) is 30.5 Å². The van der Waals surface area contributed by atoms with Gasteiger partial charge in [0.2, 0.25) is 0 Å². The standard InChI is InChI=1S/C10H10ClN3/c1-7-4-2-3-5-9(7)14-10(11)8(12)6-13-14/h2-6H,12H2,1H3. The Labute approximate surface area is 87.1 Å². The molecule has 3 nitrogen and oxygen atoms in total. The van der Waals surface area contributed by atoms with E-state index < -0.39 is 0 Å². The highest BCUT2D eigenvalue weighted by Gasteiger charge is 2.08. The Balaban J connectivity index is 2.60. The smallest absolute Gasteiger partial charge is 0.155 e. The molecule has 0 saturated carbocycles. The van der Waals surface area contributed by atoms with E-state index in [1.54, 1.807) is 10.9 Å². The van der Waals surface area contributed by atoms with E-state index in [0.29, 0.717) is 10.8 Å². The molecule has 0 atom stereocenters. The van der Waals surface area contributed by atoms with Crippen LogP contribution in [0.25, 0.3) is 5.69 Å². The zero-order chi connectivity index (χ0) is 10.1. The van der Waals surface area contributed by atoms with E-state index in [4.69, 9.17) is 17.3 Å². The van der Waals surface area contributed by atoms with Gasteiger partial charge < -0.3 is 5.73 Å². The molecule has 0 fully saturated rings. The molecule has 0 spiro atoms. The van der Waals surface area contributed by atoms with Crippen molar-refractivity contribution >= 4 is 17.3 Å². The van der Waals surface area contributed by atoms with E-state index >= 15 is 0 Å². The van der Waals surface area contributed by atoms with E-state index in [1.165, 1.54) is 0 Å². The Morgan fingerprint density at radius 1 is 1.36 bits per heavy atom. The number of aryl methyl sites for hydroxylation is 1. The minimum absolute atomic E-state index is 0.458. The number of nitrogens with zero attached hydrogens (tertiary/aromatic N) is 2. The number of benzene rings is 1. The third kappa shape index (κ3) is 1.36. The molecule has 0 saturated heterocycles. The number of rotatable bonds is 1. The monoisotopic (exact) mass is 207 g/mol. The summed E-state index contributed by atoms with van der Waals surface area (Å²) >= 11 is 5.99. The fraction of sp³-hybridized carbons (Fsp3) is 0.100. The number of hydrogen-bond donors (Lipinski definition) is 1. The van der Waals surface area contributed by atoms with Gasteiger partial charge in [0.25, 0.3) is 0 Å². The van der Waals surface area contributed by atoms with Gasteiger partial charge in [-0.25, -0.2) is 4.68 Å². The fourth-order valence-corrected chi connectivity index (χ4v) is 1.50. The molecule has 72 valence electrons. The first-order chi connectivity index (χ1) is 6.70. The molecular formula is C10H10ClN3. The molecule has 0 aliphatic rings. The Hall–Kier alpha value is -1.48. The zero-order valence-corrected chi connectivity index (χ0v) is 8.49. The maximum Gasteiger partial charge on any atom is 0.155 e. The quantitative estimate of drug-likeness (QED) is 0.781. The molecule has 0 radical (unpaired) electrons. The van der Waals surface area contributed by atoms with Crippen LogP contribution < -0.4 is 5.73 Å². The van der Waals surface area contributed by atoms with Gasteiger partial charge in [0, 0.05) is 0 Å². The first-order valence-electron chi connectivity index (χ1n) is 4.25. The molecule has 0 amide bonds. The van der Waals surface area contributed by atoms with Gasteiger partial charge in [-0.3, -0.25) is 0 Å². The molecule has 0 unspecified atom stereocenters. The van der Waals surface area contributed by atoms with Gasteiger partial charge in [0.05, 0.1) is 17.6 Å². The molecule has 2 N–H and O–H groups in total. The zero-order valence-electron chi connectivity index (χ0n) is 7.74. The second-order valence-electron chi connectivity index (χ2n) is 3.09. The number of nitrogen functional groups attached to an aromatic ring is 1. The van der Waals surface area contributed by atoms with Crippen molar-refractivity contribution < 1.29 is 0 Å². The lowest BCUT2D eigenvalue weighted by Gasteiger charge is -2.05. The number of halogens is 1. The van der Waals surface area contributed by atoms with Crippen molar-refractivity contribution in [1.29, 1.82) is 0 Å². The summed E-state index contributed by atoms with van der Waals surface area (Å²) in [5.41, 5.74) is 8.17. The summed E-state index contributed by atoms with van der Waals surface area (Å²) in [7, 11) is 0. The lowest BCUT2D eigenvalue weighted by Crippen LogP contribution is -1.98. The van der Waals surface area contributed by atoms with E-state index in [-0.39, 0.29) is 0 Å². The minimum atomic E-state index is 0.458. The molecule has 1 heterocycles. The van der Waals surface area contributed by atoms with E-state index in [2.05, 4.69) is 5.10 Å². The first-order valence-corrected chi connectivity index (χ1v) is 4.63. The molecule has 0 aliphatic heterocycles. The van der Waals surface area contributed by atoms with Gasteiger partial charge in [-0.05, 0) is 18.6 Å². The fourth-order valence-electron chi connectivity index (χ4n) is 1.32. The molecular weight excluding hydrogens is 198 g/mol. The van der Waals surface area contributed by atoms with Crippen LogP contribution in [0.4, 0.5) is 5.69 Å². The number of nitrogens with two attached hydrogens (primary N) is 1. The number of anilines is 1. The normalized spacial score (nSPS) is 10.4. The van der Waals surface area contributed by atoms with Gasteiger partial charge in [-0.1, -0.05) is 29.8 Å². The average molecular weight is 208 g/mol.